The Morgan fingerprint density at radius 2 is 1.70 bits per heavy atom. The molecule has 0 saturated heterocycles. The number of rotatable bonds is 8. The second-order valence-corrected chi connectivity index (χ2v) is 8.41. The SMILES string of the molecule is C=CCNS(=O)(=O)c1cccc(C(=O)Nc2cccc(NS(N)(=O)=O)c2)c1. The van der Waals surface area contributed by atoms with Crippen molar-refractivity contribution in [1.82, 2.24) is 4.72 Å². The molecule has 0 aliphatic carbocycles. The molecule has 5 N–H and O–H groups in total. The number of nitrogens with one attached hydrogen (secondary N) is 3. The summed E-state index contributed by atoms with van der Waals surface area (Å²) in [5, 5.41) is 7.47. The van der Waals surface area contributed by atoms with Crippen LogP contribution in [-0.2, 0) is 20.2 Å². The summed E-state index contributed by atoms with van der Waals surface area (Å²) in [6.45, 7) is 3.50. The van der Waals surface area contributed by atoms with Crippen molar-refractivity contribution < 1.29 is 21.6 Å². The van der Waals surface area contributed by atoms with Gasteiger partial charge in [-0.15, -0.1) is 6.58 Å². The van der Waals surface area contributed by atoms with Gasteiger partial charge in [0.1, 0.15) is 0 Å². The summed E-state index contributed by atoms with van der Waals surface area (Å²) in [6, 6.07) is 11.4. The van der Waals surface area contributed by atoms with Crippen LogP contribution in [0.4, 0.5) is 11.4 Å². The Kier molecular flexibility index (Phi) is 6.33. The molecule has 2 rings (SSSR count). The summed E-state index contributed by atoms with van der Waals surface area (Å²) in [6.07, 6.45) is 1.40. The fourth-order valence-electron chi connectivity index (χ4n) is 2.08. The van der Waals surface area contributed by atoms with E-state index in [-0.39, 0.29) is 22.7 Å². The summed E-state index contributed by atoms with van der Waals surface area (Å²) in [5.41, 5.74) is 0.577. The van der Waals surface area contributed by atoms with Gasteiger partial charge in [-0.1, -0.05) is 18.2 Å². The van der Waals surface area contributed by atoms with Crippen LogP contribution in [0, 0.1) is 0 Å². The van der Waals surface area contributed by atoms with Crippen molar-refractivity contribution in [2.24, 2.45) is 5.14 Å². The molecular formula is C16H18N4O5S2. The van der Waals surface area contributed by atoms with Crippen molar-refractivity contribution in [2.45, 2.75) is 4.90 Å². The van der Waals surface area contributed by atoms with Gasteiger partial charge in [0.2, 0.25) is 10.0 Å². The standard InChI is InChI=1S/C16H18N4O5S2/c1-2-9-18-26(22,23)15-8-3-5-12(10-15)16(21)19-13-6-4-7-14(11-13)20-27(17,24)25/h2-8,10-11,18,20H,1,9H2,(H,19,21)(H2,17,24,25). The fraction of sp³-hybridized carbons (Fsp3) is 0.0625. The predicted octanol–water partition coefficient (Wildman–Crippen LogP) is 1.02. The number of carbonyl (C=O) groups is 1. The lowest BCUT2D eigenvalue weighted by atomic mass is 10.2. The maximum Gasteiger partial charge on any atom is 0.296 e. The third kappa shape index (κ3) is 6.18. The first-order valence-electron chi connectivity index (χ1n) is 7.53. The van der Waals surface area contributed by atoms with Gasteiger partial charge in [-0.3, -0.25) is 9.52 Å². The summed E-state index contributed by atoms with van der Waals surface area (Å²) >= 11 is 0. The van der Waals surface area contributed by atoms with Crippen LogP contribution in [0.15, 0.2) is 66.1 Å². The number of hydrogen-bond donors (Lipinski definition) is 4. The number of hydrogen-bond acceptors (Lipinski definition) is 5. The fourth-order valence-corrected chi connectivity index (χ4v) is 3.58. The lowest BCUT2D eigenvalue weighted by Gasteiger charge is -2.10. The quantitative estimate of drug-likeness (QED) is 0.480. The third-order valence-corrected chi connectivity index (χ3v) is 5.15. The van der Waals surface area contributed by atoms with Gasteiger partial charge >= 0.3 is 0 Å². The van der Waals surface area contributed by atoms with Crippen LogP contribution >= 0.6 is 0 Å². The van der Waals surface area contributed by atoms with Gasteiger partial charge in [-0.05, 0) is 36.4 Å². The van der Waals surface area contributed by atoms with Crippen LogP contribution in [-0.4, -0.2) is 29.3 Å². The Balaban J connectivity index is 2.21. The van der Waals surface area contributed by atoms with Crippen LogP contribution in [0.25, 0.3) is 0 Å². The molecule has 0 unspecified atom stereocenters. The number of carbonyl (C=O) groups excluding carboxylic acids is 1. The van der Waals surface area contributed by atoms with Gasteiger partial charge in [0.05, 0.1) is 10.6 Å². The topological polar surface area (TPSA) is 147 Å². The van der Waals surface area contributed by atoms with E-state index in [1.165, 1.54) is 48.5 Å². The Hall–Kier alpha value is -2.73. The van der Waals surface area contributed by atoms with Crippen molar-refractivity contribution >= 4 is 37.5 Å². The molecule has 0 atom stereocenters. The van der Waals surface area contributed by atoms with Crippen LogP contribution in [0.1, 0.15) is 10.4 Å². The summed E-state index contributed by atoms with van der Waals surface area (Å²) in [4.78, 5) is 12.3. The molecule has 0 aliphatic heterocycles. The van der Waals surface area contributed by atoms with E-state index < -0.39 is 26.1 Å². The van der Waals surface area contributed by atoms with Gasteiger partial charge < -0.3 is 5.32 Å². The van der Waals surface area contributed by atoms with E-state index in [1.54, 1.807) is 6.07 Å². The lowest BCUT2D eigenvalue weighted by Crippen LogP contribution is -2.24. The molecule has 11 heteroatoms. The molecular weight excluding hydrogens is 392 g/mol. The zero-order chi connectivity index (χ0) is 20.1. The molecule has 0 aromatic heterocycles. The van der Waals surface area contributed by atoms with Crippen LogP contribution in [0.5, 0.6) is 0 Å². The van der Waals surface area contributed by atoms with Gasteiger partial charge in [0, 0.05) is 17.8 Å². The first-order chi connectivity index (χ1) is 12.6. The largest absolute Gasteiger partial charge is 0.322 e. The van der Waals surface area contributed by atoms with E-state index in [2.05, 4.69) is 21.3 Å². The summed E-state index contributed by atoms with van der Waals surface area (Å²) < 4.78 is 50.8. The summed E-state index contributed by atoms with van der Waals surface area (Å²) in [5.74, 6) is -0.566. The first kappa shape index (κ1) is 20.6. The first-order valence-corrected chi connectivity index (χ1v) is 10.6. The molecule has 0 radical (unpaired) electrons. The molecule has 0 saturated carbocycles. The highest BCUT2D eigenvalue weighted by Gasteiger charge is 2.15. The number of benzene rings is 2. The maximum absolute atomic E-state index is 12.4. The van der Waals surface area contributed by atoms with E-state index in [1.807, 2.05) is 0 Å². The second kappa shape index (κ2) is 8.31. The minimum atomic E-state index is -3.95. The number of sulfonamides is 1. The maximum atomic E-state index is 12.4. The average Bonchev–Trinajstić information content (AvgIpc) is 2.59. The zero-order valence-corrected chi connectivity index (χ0v) is 15.7. The van der Waals surface area contributed by atoms with E-state index in [9.17, 15) is 21.6 Å². The Morgan fingerprint density at radius 1 is 1.04 bits per heavy atom. The Morgan fingerprint density at radius 3 is 2.37 bits per heavy atom. The highest BCUT2D eigenvalue weighted by atomic mass is 32.2. The smallest absolute Gasteiger partial charge is 0.296 e. The van der Waals surface area contributed by atoms with Crippen LogP contribution < -0.4 is 19.9 Å². The molecule has 1 amide bonds. The van der Waals surface area contributed by atoms with Gasteiger partial charge in [0.15, 0.2) is 0 Å². The molecule has 2 aromatic rings. The molecule has 0 spiro atoms. The molecule has 2 aromatic carbocycles. The van der Waals surface area contributed by atoms with Crippen molar-refractivity contribution in [3.05, 3.63) is 66.7 Å². The predicted molar refractivity (Wildman–Crippen MR) is 103 cm³/mol. The highest BCUT2D eigenvalue weighted by Crippen LogP contribution is 2.18. The average molecular weight is 410 g/mol. The second-order valence-electron chi connectivity index (χ2n) is 5.35. The van der Waals surface area contributed by atoms with Crippen molar-refractivity contribution in [3.63, 3.8) is 0 Å². The zero-order valence-electron chi connectivity index (χ0n) is 14.0. The van der Waals surface area contributed by atoms with E-state index in [0.717, 1.165) is 0 Å². The summed E-state index contributed by atoms with van der Waals surface area (Å²) in [7, 11) is -7.72. The van der Waals surface area contributed by atoms with Gasteiger partial charge in [0.25, 0.3) is 16.1 Å². The molecule has 0 bridgehead atoms. The van der Waals surface area contributed by atoms with Crippen molar-refractivity contribution in [2.75, 3.05) is 16.6 Å². The van der Waals surface area contributed by atoms with E-state index >= 15 is 0 Å². The van der Waals surface area contributed by atoms with Crippen LogP contribution in [0.3, 0.4) is 0 Å². The van der Waals surface area contributed by atoms with E-state index in [0.29, 0.717) is 5.69 Å². The van der Waals surface area contributed by atoms with Gasteiger partial charge in [-0.2, -0.15) is 8.42 Å². The van der Waals surface area contributed by atoms with Crippen LogP contribution in [0.2, 0.25) is 0 Å². The number of amides is 1. The highest BCUT2D eigenvalue weighted by molar-refractivity contribution is 7.90. The molecule has 0 heterocycles. The van der Waals surface area contributed by atoms with Crippen molar-refractivity contribution in [1.29, 1.82) is 0 Å². The van der Waals surface area contributed by atoms with E-state index in [4.69, 9.17) is 5.14 Å². The molecule has 0 aliphatic rings. The Bertz CT molecular complexity index is 1070. The number of nitrogens with two attached hydrogens (primary N) is 1. The molecule has 27 heavy (non-hydrogen) atoms. The lowest BCUT2D eigenvalue weighted by molar-refractivity contribution is 0.102. The minimum Gasteiger partial charge on any atom is -0.322 e. The Labute approximate surface area is 157 Å². The monoisotopic (exact) mass is 410 g/mol. The third-order valence-electron chi connectivity index (χ3n) is 3.20. The minimum absolute atomic E-state index is 0.0581. The van der Waals surface area contributed by atoms with Gasteiger partial charge in [-0.25, -0.2) is 18.3 Å². The molecule has 0 fully saturated rings. The number of anilines is 2. The normalized spacial score (nSPS) is 11.6. The van der Waals surface area contributed by atoms with Crippen molar-refractivity contribution in [3.8, 4) is 0 Å². The molecule has 9 nitrogen and oxygen atoms in total. The molecule has 144 valence electrons.